The van der Waals surface area contributed by atoms with Crippen LogP contribution in [0.5, 0.6) is 0 Å². The molecule has 1 aromatic heterocycles. The van der Waals surface area contributed by atoms with Crippen molar-refractivity contribution in [3.63, 3.8) is 0 Å². The topological polar surface area (TPSA) is 41.3 Å². The minimum atomic E-state index is 0.639. The Hall–Kier alpha value is -0.870. The molecule has 1 N–H and O–H groups in total. The highest BCUT2D eigenvalue weighted by atomic mass is 16.5. The van der Waals surface area contributed by atoms with E-state index in [2.05, 4.69) is 22.3 Å². The predicted molar refractivity (Wildman–Crippen MR) is 63.2 cm³/mol. The van der Waals surface area contributed by atoms with Crippen molar-refractivity contribution in [3.05, 3.63) is 17.5 Å². The van der Waals surface area contributed by atoms with E-state index in [0.717, 1.165) is 18.0 Å². The Morgan fingerprint density at radius 2 is 2.25 bits per heavy atom. The molecule has 0 unspecified atom stereocenters. The highest BCUT2D eigenvalue weighted by molar-refractivity contribution is 5.03. The molecule has 0 radical (unpaired) electrons. The largest absolute Gasteiger partial charge is 0.361 e. The van der Waals surface area contributed by atoms with E-state index in [1.807, 2.05) is 13.0 Å². The highest BCUT2D eigenvalue weighted by Crippen LogP contribution is 2.10. The number of likely N-dealkylation sites (tertiary alicyclic amines) is 1. The number of rotatable bonds is 4. The van der Waals surface area contributed by atoms with Crippen LogP contribution in [0.25, 0.3) is 0 Å². The van der Waals surface area contributed by atoms with Crippen LogP contribution in [0, 0.1) is 6.92 Å². The summed E-state index contributed by atoms with van der Waals surface area (Å²) in [5.74, 6) is 0.887. The van der Waals surface area contributed by atoms with Gasteiger partial charge in [0.2, 0.25) is 0 Å². The molecule has 2 rings (SSSR count). The second-order valence-corrected chi connectivity index (χ2v) is 4.52. The first-order valence-electron chi connectivity index (χ1n) is 6.16. The normalized spacial score (nSPS) is 19.1. The Balaban J connectivity index is 1.71. The maximum Gasteiger partial charge on any atom is 0.133 e. The van der Waals surface area contributed by atoms with Crippen LogP contribution in [-0.2, 0) is 6.54 Å². The summed E-state index contributed by atoms with van der Waals surface area (Å²) in [7, 11) is 0. The summed E-state index contributed by atoms with van der Waals surface area (Å²) in [6.45, 7) is 8.59. The number of nitrogens with one attached hydrogen (secondary N) is 1. The van der Waals surface area contributed by atoms with Gasteiger partial charge in [0.1, 0.15) is 5.76 Å². The molecule has 1 aliphatic rings. The number of hydrogen-bond donors (Lipinski definition) is 1. The molecular formula is C12H21N3O. The molecule has 2 heterocycles. The first-order valence-corrected chi connectivity index (χ1v) is 6.16. The van der Waals surface area contributed by atoms with E-state index in [1.165, 1.54) is 32.5 Å². The third kappa shape index (κ3) is 3.06. The lowest BCUT2D eigenvalue weighted by molar-refractivity contribution is 0.205. The standard InChI is InChI=1S/C12H21N3O/c1-3-15-6-4-11(5-7-15)13-9-12-8-10(2)16-14-12/h8,11,13H,3-7,9H2,1-2H3. The molecule has 0 amide bonds. The van der Waals surface area contributed by atoms with Crippen LogP contribution in [0.4, 0.5) is 0 Å². The summed E-state index contributed by atoms with van der Waals surface area (Å²) >= 11 is 0. The summed E-state index contributed by atoms with van der Waals surface area (Å²) in [6, 6.07) is 2.63. The molecule has 0 aliphatic carbocycles. The molecule has 0 bridgehead atoms. The fourth-order valence-electron chi connectivity index (χ4n) is 2.20. The van der Waals surface area contributed by atoms with Crippen molar-refractivity contribution in [2.24, 2.45) is 0 Å². The maximum absolute atomic E-state index is 5.04. The van der Waals surface area contributed by atoms with Gasteiger partial charge in [0.25, 0.3) is 0 Å². The lowest BCUT2D eigenvalue weighted by Crippen LogP contribution is -2.42. The zero-order valence-electron chi connectivity index (χ0n) is 10.2. The van der Waals surface area contributed by atoms with Crippen LogP contribution in [0.2, 0.25) is 0 Å². The lowest BCUT2D eigenvalue weighted by atomic mass is 10.1. The highest BCUT2D eigenvalue weighted by Gasteiger charge is 2.17. The molecule has 0 atom stereocenters. The minimum absolute atomic E-state index is 0.639. The van der Waals surface area contributed by atoms with E-state index in [4.69, 9.17) is 4.52 Å². The second kappa shape index (κ2) is 5.46. The van der Waals surface area contributed by atoms with Crippen molar-refractivity contribution in [2.75, 3.05) is 19.6 Å². The second-order valence-electron chi connectivity index (χ2n) is 4.52. The Labute approximate surface area is 97.0 Å². The minimum Gasteiger partial charge on any atom is -0.361 e. The molecule has 4 nitrogen and oxygen atoms in total. The van der Waals surface area contributed by atoms with Gasteiger partial charge >= 0.3 is 0 Å². The van der Waals surface area contributed by atoms with Gasteiger partial charge < -0.3 is 14.7 Å². The van der Waals surface area contributed by atoms with Crippen LogP contribution in [0.1, 0.15) is 31.2 Å². The van der Waals surface area contributed by atoms with Gasteiger partial charge in [-0.05, 0) is 39.4 Å². The number of nitrogens with zero attached hydrogens (tertiary/aromatic N) is 2. The van der Waals surface area contributed by atoms with Gasteiger partial charge in [0.05, 0.1) is 5.69 Å². The third-order valence-electron chi connectivity index (χ3n) is 3.28. The SMILES string of the molecule is CCN1CCC(NCc2cc(C)on2)CC1. The molecule has 1 aliphatic heterocycles. The number of aromatic nitrogens is 1. The fourth-order valence-corrected chi connectivity index (χ4v) is 2.20. The van der Waals surface area contributed by atoms with Gasteiger partial charge in [-0.15, -0.1) is 0 Å². The smallest absolute Gasteiger partial charge is 0.133 e. The summed E-state index contributed by atoms with van der Waals surface area (Å²) < 4.78 is 5.04. The Morgan fingerprint density at radius 1 is 1.50 bits per heavy atom. The quantitative estimate of drug-likeness (QED) is 0.841. The fraction of sp³-hybridized carbons (Fsp3) is 0.750. The molecule has 16 heavy (non-hydrogen) atoms. The zero-order valence-corrected chi connectivity index (χ0v) is 10.2. The lowest BCUT2D eigenvalue weighted by Gasteiger charge is -2.31. The van der Waals surface area contributed by atoms with Gasteiger partial charge in [0.15, 0.2) is 0 Å². The molecule has 1 saturated heterocycles. The van der Waals surface area contributed by atoms with E-state index in [0.29, 0.717) is 6.04 Å². The molecular weight excluding hydrogens is 202 g/mol. The molecule has 1 fully saturated rings. The van der Waals surface area contributed by atoms with Crippen molar-refractivity contribution >= 4 is 0 Å². The number of aryl methyl sites for hydroxylation is 1. The van der Waals surface area contributed by atoms with E-state index >= 15 is 0 Å². The Kier molecular flexibility index (Phi) is 3.96. The van der Waals surface area contributed by atoms with E-state index in [1.54, 1.807) is 0 Å². The number of hydrogen-bond acceptors (Lipinski definition) is 4. The van der Waals surface area contributed by atoms with Gasteiger partial charge in [0, 0.05) is 18.7 Å². The van der Waals surface area contributed by atoms with Crippen molar-refractivity contribution < 1.29 is 4.52 Å². The molecule has 90 valence electrons. The van der Waals surface area contributed by atoms with Crippen LogP contribution in [0.3, 0.4) is 0 Å². The zero-order chi connectivity index (χ0) is 11.4. The summed E-state index contributed by atoms with van der Waals surface area (Å²) in [6.07, 6.45) is 2.48. The molecule has 0 saturated carbocycles. The average Bonchev–Trinajstić information content (AvgIpc) is 2.73. The molecule has 0 aromatic carbocycles. The molecule has 1 aromatic rings. The van der Waals surface area contributed by atoms with Crippen molar-refractivity contribution in [1.29, 1.82) is 0 Å². The van der Waals surface area contributed by atoms with Gasteiger partial charge in [-0.2, -0.15) is 0 Å². The van der Waals surface area contributed by atoms with Crippen LogP contribution in [-0.4, -0.2) is 35.7 Å². The van der Waals surface area contributed by atoms with E-state index in [9.17, 15) is 0 Å². The van der Waals surface area contributed by atoms with E-state index < -0.39 is 0 Å². The Morgan fingerprint density at radius 3 is 2.81 bits per heavy atom. The molecule has 4 heteroatoms. The van der Waals surface area contributed by atoms with Crippen molar-refractivity contribution in [2.45, 2.75) is 39.3 Å². The van der Waals surface area contributed by atoms with Crippen molar-refractivity contribution in [1.82, 2.24) is 15.4 Å². The summed E-state index contributed by atoms with van der Waals surface area (Å²) in [5, 5.41) is 7.53. The first kappa shape index (κ1) is 11.6. The first-order chi connectivity index (χ1) is 7.78. The van der Waals surface area contributed by atoms with Crippen LogP contribution >= 0.6 is 0 Å². The maximum atomic E-state index is 5.04. The van der Waals surface area contributed by atoms with Gasteiger partial charge in [-0.3, -0.25) is 0 Å². The predicted octanol–water partition coefficient (Wildman–Crippen LogP) is 1.56. The van der Waals surface area contributed by atoms with Crippen LogP contribution in [0.15, 0.2) is 10.6 Å². The van der Waals surface area contributed by atoms with Crippen molar-refractivity contribution in [3.8, 4) is 0 Å². The summed E-state index contributed by atoms with van der Waals surface area (Å²) in [4.78, 5) is 2.50. The van der Waals surface area contributed by atoms with Gasteiger partial charge in [-0.1, -0.05) is 12.1 Å². The summed E-state index contributed by atoms with van der Waals surface area (Å²) in [5.41, 5.74) is 1.01. The van der Waals surface area contributed by atoms with E-state index in [-0.39, 0.29) is 0 Å². The van der Waals surface area contributed by atoms with Crippen LogP contribution < -0.4 is 5.32 Å². The molecule has 0 spiro atoms. The van der Waals surface area contributed by atoms with Gasteiger partial charge in [-0.25, -0.2) is 0 Å². The Bertz CT molecular complexity index is 316. The average molecular weight is 223 g/mol. The monoisotopic (exact) mass is 223 g/mol. The number of piperidine rings is 1. The third-order valence-corrected chi connectivity index (χ3v) is 3.28.